The number of nitrogens with one attached hydrogen (secondary N) is 1. The lowest BCUT2D eigenvalue weighted by Gasteiger charge is -2.19. The molecule has 1 aromatic carbocycles. The smallest absolute Gasteiger partial charge is 0.282 e. The Bertz CT molecular complexity index is 642. The summed E-state index contributed by atoms with van der Waals surface area (Å²) < 4.78 is 1.83. The van der Waals surface area contributed by atoms with Crippen molar-refractivity contribution in [3.8, 4) is 0 Å². The lowest BCUT2D eigenvalue weighted by molar-refractivity contribution is 0.702. The number of aryl methyl sites for hydroxylation is 1. The van der Waals surface area contributed by atoms with E-state index in [1.165, 1.54) is 10.4 Å². The molecule has 2 rings (SSSR count). The van der Waals surface area contributed by atoms with Gasteiger partial charge in [0.1, 0.15) is 4.47 Å². The molecule has 0 radical (unpaired) electrons. The number of aromatic nitrogens is 2. The predicted octanol–water partition coefficient (Wildman–Crippen LogP) is 2.48. The van der Waals surface area contributed by atoms with E-state index < -0.39 is 0 Å². The van der Waals surface area contributed by atoms with Crippen molar-refractivity contribution in [2.24, 2.45) is 7.05 Å². The second-order valence-corrected chi connectivity index (χ2v) is 5.63. The molecule has 0 atom stereocenters. The highest BCUT2D eigenvalue weighted by Gasteiger charge is 2.06. The fourth-order valence-corrected chi connectivity index (χ4v) is 2.48. The molecule has 5 nitrogen and oxygen atoms in total. The summed E-state index contributed by atoms with van der Waals surface area (Å²) in [4.78, 5) is 13.9. The number of para-hydroxylation sites is 1. The molecule has 0 spiro atoms. The van der Waals surface area contributed by atoms with E-state index in [1.54, 1.807) is 13.2 Å². The number of nitrogens with zero attached hydrogens (tertiary/aromatic N) is 3. The molecular formula is C15H19BrN4O. The van der Waals surface area contributed by atoms with Gasteiger partial charge >= 0.3 is 0 Å². The highest BCUT2D eigenvalue weighted by atomic mass is 79.9. The molecule has 2 aromatic rings. The summed E-state index contributed by atoms with van der Waals surface area (Å²) in [6.07, 6.45) is 2.62. The minimum atomic E-state index is -0.138. The third kappa shape index (κ3) is 4.07. The van der Waals surface area contributed by atoms with E-state index in [9.17, 15) is 4.79 Å². The molecule has 0 fully saturated rings. The normalized spacial score (nSPS) is 10.4. The standard InChI is InChI=1S/C15H19BrN4O/c1-19(12-7-4-3-5-8-12)10-6-9-17-13-11-18-20(2)15(21)14(13)16/h3-5,7-8,11,17H,6,9-10H2,1-2H3. The average molecular weight is 351 g/mol. The number of benzene rings is 1. The highest BCUT2D eigenvalue weighted by molar-refractivity contribution is 9.10. The average Bonchev–Trinajstić information content (AvgIpc) is 2.51. The van der Waals surface area contributed by atoms with Crippen LogP contribution in [0.1, 0.15) is 6.42 Å². The van der Waals surface area contributed by atoms with Crippen LogP contribution in [0.25, 0.3) is 0 Å². The highest BCUT2D eigenvalue weighted by Crippen LogP contribution is 2.16. The Morgan fingerprint density at radius 1 is 1.33 bits per heavy atom. The van der Waals surface area contributed by atoms with E-state index in [0.717, 1.165) is 25.2 Å². The lowest BCUT2D eigenvalue weighted by Crippen LogP contribution is -2.23. The minimum Gasteiger partial charge on any atom is -0.383 e. The number of hydrogen-bond donors (Lipinski definition) is 1. The molecular weight excluding hydrogens is 332 g/mol. The van der Waals surface area contributed by atoms with Crippen molar-refractivity contribution < 1.29 is 0 Å². The summed E-state index contributed by atoms with van der Waals surface area (Å²) in [5.74, 6) is 0. The van der Waals surface area contributed by atoms with Gasteiger partial charge in [-0.2, -0.15) is 5.10 Å². The summed E-state index contributed by atoms with van der Waals surface area (Å²) in [5.41, 5.74) is 1.80. The maximum absolute atomic E-state index is 11.7. The molecule has 0 unspecified atom stereocenters. The summed E-state index contributed by atoms with van der Waals surface area (Å²) >= 11 is 3.30. The van der Waals surface area contributed by atoms with Gasteiger partial charge in [-0.3, -0.25) is 4.79 Å². The topological polar surface area (TPSA) is 50.2 Å². The van der Waals surface area contributed by atoms with Gasteiger partial charge in [0, 0.05) is 32.9 Å². The molecule has 0 aliphatic rings. The number of hydrogen-bond acceptors (Lipinski definition) is 4. The molecule has 6 heteroatoms. The Hall–Kier alpha value is -1.82. The van der Waals surface area contributed by atoms with Crippen molar-refractivity contribution in [2.75, 3.05) is 30.4 Å². The molecule has 21 heavy (non-hydrogen) atoms. The zero-order valence-corrected chi connectivity index (χ0v) is 13.8. The minimum absolute atomic E-state index is 0.138. The van der Waals surface area contributed by atoms with Crippen molar-refractivity contribution in [1.82, 2.24) is 9.78 Å². The Morgan fingerprint density at radius 2 is 2.05 bits per heavy atom. The zero-order valence-electron chi connectivity index (χ0n) is 12.2. The third-order valence-corrected chi connectivity index (χ3v) is 4.03. The lowest BCUT2D eigenvalue weighted by atomic mass is 10.3. The van der Waals surface area contributed by atoms with Crippen molar-refractivity contribution in [3.63, 3.8) is 0 Å². The number of rotatable bonds is 6. The molecule has 0 saturated heterocycles. The van der Waals surface area contributed by atoms with Gasteiger partial charge in [-0.05, 0) is 34.5 Å². The van der Waals surface area contributed by atoms with E-state index >= 15 is 0 Å². The van der Waals surface area contributed by atoms with Gasteiger partial charge < -0.3 is 10.2 Å². The van der Waals surface area contributed by atoms with Crippen LogP contribution in [0.4, 0.5) is 11.4 Å². The maximum Gasteiger partial charge on any atom is 0.282 e. The first-order chi connectivity index (χ1) is 10.1. The van der Waals surface area contributed by atoms with Crippen LogP contribution in [-0.4, -0.2) is 29.9 Å². The fraction of sp³-hybridized carbons (Fsp3) is 0.333. The molecule has 1 aromatic heterocycles. The Kier molecular flexibility index (Phi) is 5.38. The summed E-state index contributed by atoms with van der Waals surface area (Å²) in [5, 5.41) is 7.24. The fourth-order valence-electron chi connectivity index (χ4n) is 1.98. The van der Waals surface area contributed by atoms with Gasteiger partial charge in [0.2, 0.25) is 0 Å². The van der Waals surface area contributed by atoms with Gasteiger partial charge in [-0.25, -0.2) is 4.68 Å². The first kappa shape index (κ1) is 15.6. The van der Waals surface area contributed by atoms with E-state index in [0.29, 0.717) is 4.47 Å². The van der Waals surface area contributed by atoms with E-state index in [-0.39, 0.29) is 5.56 Å². The van der Waals surface area contributed by atoms with Gasteiger partial charge in [0.05, 0.1) is 11.9 Å². The summed E-state index contributed by atoms with van der Waals surface area (Å²) in [7, 11) is 3.71. The maximum atomic E-state index is 11.7. The van der Waals surface area contributed by atoms with Crippen LogP contribution in [0.3, 0.4) is 0 Å². The van der Waals surface area contributed by atoms with Gasteiger partial charge in [-0.15, -0.1) is 0 Å². The van der Waals surface area contributed by atoms with Crippen LogP contribution >= 0.6 is 15.9 Å². The zero-order chi connectivity index (χ0) is 15.2. The van der Waals surface area contributed by atoms with Gasteiger partial charge in [-0.1, -0.05) is 18.2 Å². The van der Waals surface area contributed by atoms with Crippen molar-refractivity contribution in [1.29, 1.82) is 0 Å². The summed E-state index contributed by atoms with van der Waals surface area (Å²) in [6.45, 7) is 1.72. The quantitative estimate of drug-likeness (QED) is 0.813. The molecule has 0 bridgehead atoms. The monoisotopic (exact) mass is 350 g/mol. The van der Waals surface area contributed by atoms with Crippen LogP contribution in [0.15, 0.2) is 45.8 Å². The molecule has 0 saturated carbocycles. The molecule has 112 valence electrons. The molecule has 1 N–H and O–H groups in total. The molecule has 0 aliphatic carbocycles. The van der Waals surface area contributed by atoms with E-state index in [1.807, 2.05) is 18.2 Å². The summed E-state index contributed by atoms with van der Waals surface area (Å²) in [6, 6.07) is 10.3. The van der Waals surface area contributed by atoms with Crippen molar-refractivity contribution >= 4 is 27.3 Å². The van der Waals surface area contributed by atoms with Gasteiger partial charge in [0.15, 0.2) is 0 Å². The Morgan fingerprint density at radius 3 is 2.76 bits per heavy atom. The van der Waals surface area contributed by atoms with E-state index in [2.05, 4.69) is 50.4 Å². The van der Waals surface area contributed by atoms with E-state index in [4.69, 9.17) is 0 Å². The second-order valence-electron chi connectivity index (χ2n) is 4.84. The molecule has 0 aliphatic heterocycles. The molecule has 0 amide bonds. The first-order valence-corrected chi connectivity index (χ1v) is 7.61. The SMILES string of the molecule is CN(CCCNc1cnn(C)c(=O)c1Br)c1ccccc1. The predicted molar refractivity (Wildman–Crippen MR) is 90.0 cm³/mol. The number of anilines is 2. The third-order valence-electron chi connectivity index (χ3n) is 3.26. The van der Waals surface area contributed by atoms with Gasteiger partial charge in [0.25, 0.3) is 5.56 Å². The van der Waals surface area contributed by atoms with Crippen LogP contribution < -0.4 is 15.8 Å². The number of halogens is 1. The van der Waals surface area contributed by atoms with Crippen molar-refractivity contribution in [3.05, 3.63) is 51.4 Å². The van der Waals surface area contributed by atoms with Crippen LogP contribution in [0.2, 0.25) is 0 Å². The van der Waals surface area contributed by atoms with Crippen LogP contribution in [0.5, 0.6) is 0 Å². The van der Waals surface area contributed by atoms with Crippen LogP contribution in [-0.2, 0) is 7.05 Å². The largest absolute Gasteiger partial charge is 0.383 e. The van der Waals surface area contributed by atoms with Crippen molar-refractivity contribution in [2.45, 2.75) is 6.42 Å². The Labute approximate surface area is 132 Å². The first-order valence-electron chi connectivity index (χ1n) is 6.81. The second kappa shape index (κ2) is 7.26. The molecule has 1 heterocycles. The van der Waals surface area contributed by atoms with Crippen LogP contribution in [0, 0.1) is 0 Å². The Balaban J connectivity index is 1.83.